The van der Waals surface area contributed by atoms with E-state index in [1.54, 1.807) is 45.0 Å². The predicted octanol–water partition coefficient (Wildman–Crippen LogP) is 2.90. The van der Waals surface area contributed by atoms with Crippen molar-refractivity contribution < 1.29 is 24.2 Å². The molecule has 2 aromatic carbocycles. The zero-order chi connectivity index (χ0) is 26.3. The molecule has 3 amide bonds. The van der Waals surface area contributed by atoms with Gasteiger partial charge < -0.3 is 25.4 Å². The summed E-state index contributed by atoms with van der Waals surface area (Å²) in [5, 5.41) is 15.4. The first kappa shape index (κ1) is 26.8. The quantitative estimate of drug-likeness (QED) is 0.468. The third-order valence-electron chi connectivity index (χ3n) is 5.61. The number of nitrogens with one attached hydrogen (secondary N) is 2. The lowest BCUT2D eigenvalue weighted by Gasteiger charge is -2.34. The topological polar surface area (TPSA) is 108 Å². The molecule has 2 atom stereocenters. The molecule has 0 spiro atoms. The number of benzene rings is 2. The van der Waals surface area contributed by atoms with E-state index in [4.69, 9.17) is 11.2 Å². The van der Waals surface area contributed by atoms with Crippen molar-refractivity contribution in [1.82, 2.24) is 15.5 Å². The first-order chi connectivity index (χ1) is 17.1. The van der Waals surface area contributed by atoms with Crippen LogP contribution in [0.5, 0.6) is 0 Å². The molecule has 2 aromatic rings. The van der Waals surface area contributed by atoms with Gasteiger partial charge in [0.2, 0.25) is 11.8 Å². The molecule has 3 N–H and O–H groups in total. The molecule has 0 aromatic heterocycles. The van der Waals surface area contributed by atoms with Crippen LogP contribution in [0.2, 0.25) is 0 Å². The standard InChI is InChI=1S/C28H33N3O5/c1-5-20-13-9-10-14-22(20)24(25(33)29-17-19-11-7-6-8-12-19)31(21-15-16-21)26(34)23(18-32)30-27(35)36-28(2,3)4/h1,6-14,21,23-24,32H,15-18H2,2-4H3,(H,29,33)(H,30,35). The van der Waals surface area contributed by atoms with E-state index in [-0.39, 0.29) is 12.6 Å². The van der Waals surface area contributed by atoms with Crippen molar-refractivity contribution in [3.63, 3.8) is 0 Å². The van der Waals surface area contributed by atoms with Gasteiger partial charge in [-0.15, -0.1) is 6.42 Å². The van der Waals surface area contributed by atoms with E-state index in [0.717, 1.165) is 5.56 Å². The third kappa shape index (κ3) is 7.09. The lowest BCUT2D eigenvalue weighted by molar-refractivity contribution is -0.144. The Bertz CT molecular complexity index is 1120. The summed E-state index contributed by atoms with van der Waals surface area (Å²) in [5.74, 6) is 1.61. The second-order valence-electron chi connectivity index (χ2n) is 9.70. The Labute approximate surface area is 212 Å². The van der Waals surface area contributed by atoms with Crippen molar-refractivity contribution in [2.24, 2.45) is 0 Å². The summed E-state index contributed by atoms with van der Waals surface area (Å²) >= 11 is 0. The summed E-state index contributed by atoms with van der Waals surface area (Å²) in [4.78, 5) is 41.1. The van der Waals surface area contributed by atoms with Crippen molar-refractivity contribution in [2.75, 3.05) is 6.61 Å². The van der Waals surface area contributed by atoms with Gasteiger partial charge in [0, 0.05) is 18.2 Å². The number of hydrogen-bond acceptors (Lipinski definition) is 5. The summed E-state index contributed by atoms with van der Waals surface area (Å²) in [6, 6.07) is 13.8. The van der Waals surface area contributed by atoms with Crippen LogP contribution >= 0.6 is 0 Å². The highest BCUT2D eigenvalue weighted by atomic mass is 16.6. The lowest BCUT2D eigenvalue weighted by Crippen LogP contribution is -2.55. The van der Waals surface area contributed by atoms with Gasteiger partial charge in [0.25, 0.3) is 0 Å². The summed E-state index contributed by atoms with van der Waals surface area (Å²) in [5.41, 5.74) is 1.10. The van der Waals surface area contributed by atoms with Gasteiger partial charge >= 0.3 is 6.09 Å². The highest BCUT2D eigenvalue weighted by molar-refractivity contribution is 5.93. The van der Waals surface area contributed by atoms with E-state index in [1.165, 1.54) is 4.90 Å². The maximum Gasteiger partial charge on any atom is 0.408 e. The minimum atomic E-state index is -1.29. The fraction of sp³-hybridized carbons (Fsp3) is 0.393. The second kappa shape index (κ2) is 11.7. The number of carbonyl (C=O) groups excluding carboxylic acids is 3. The van der Waals surface area contributed by atoms with E-state index in [0.29, 0.717) is 24.0 Å². The first-order valence-corrected chi connectivity index (χ1v) is 11.9. The SMILES string of the molecule is C#Cc1ccccc1C(C(=O)NCc1ccccc1)N(C(=O)C(CO)NC(=O)OC(C)(C)C)C1CC1. The molecule has 8 nitrogen and oxygen atoms in total. The van der Waals surface area contributed by atoms with Gasteiger partial charge in [-0.2, -0.15) is 0 Å². The normalized spacial score (nSPS) is 14.6. The number of alkyl carbamates (subject to hydrolysis) is 1. The van der Waals surface area contributed by atoms with Crippen LogP contribution < -0.4 is 10.6 Å². The van der Waals surface area contributed by atoms with Crippen LogP contribution in [0.15, 0.2) is 54.6 Å². The van der Waals surface area contributed by atoms with Gasteiger partial charge in [-0.05, 0) is 50.8 Å². The fourth-order valence-corrected chi connectivity index (χ4v) is 3.85. The van der Waals surface area contributed by atoms with Gasteiger partial charge in [-0.1, -0.05) is 54.5 Å². The third-order valence-corrected chi connectivity index (χ3v) is 5.61. The average molecular weight is 492 g/mol. The largest absolute Gasteiger partial charge is 0.444 e. The number of ether oxygens (including phenoxy) is 1. The number of hydrogen-bond donors (Lipinski definition) is 3. The van der Waals surface area contributed by atoms with Gasteiger partial charge in [0.1, 0.15) is 17.7 Å². The number of aliphatic hydroxyl groups is 1. The summed E-state index contributed by atoms with van der Waals surface area (Å²) < 4.78 is 5.25. The van der Waals surface area contributed by atoms with Crippen molar-refractivity contribution in [1.29, 1.82) is 0 Å². The molecule has 1 aliphatic rings. The predicted molar refractivity (Wildman–Crippen MR) is 136 cm³/mol. The molecule has 8 heteroatoms. The molecule has 1 aliphatic carbocycles. The van der Waals surface area contributed by atoms with Crippen LogP contribution in [0.1, 0.15) is 56.3 Å². The number of rotatable bonds is 9. The Morgan fingerprint density at radius 2 is 1.75 bits per heavy atom. The van der Waals surface area contributed by atoms with E-state index in [9.17, 15) is 19.5 Å². The van der Waals surface area contributed by atoms with Gasteiger partial charge in [0.05, 0.1) is 6.61 Å². The molecular formula is C28H33N3O5. The van der Waals surface area contributed by atoms with Crippen LogP contribution in [0.25, 0.3) is 0 Å². The van der Waals surface area contributed by atoms with Crippen molar-refractivity contribution in [3.05, 3.63) is 71.3 Å². The number of nitrogens with zero attached hydrogens (tertiary/aromatic N) is 1. The Hall–Kier alpha value is -3.83. The van der Waals surface area contributed by atoms with Gasteiger partial charge in [0.15, 0.2) is 0 Å². The minimum Gasteiger partial charge on any atom is -0.444 e. The smallest absolute Gasteiger partial charge is 0.408 e. The van der Waals surface area contributed by atoms with Crippen LogP contribution in [-0.4, -0.2) is 52.2 Å². The van der Waals surface area contributed by atoms with Crippen LogP contribution in [0.4, 0.5) is 4.79 Å². The van der Waals surface area contributed by atoms with Crippen LogP contribution in [0.3, 0.4) is 0 Å². The molecule has 0 aliphatic heterocycles. The maximum atomic E-state index is 13.7. The number of terminal acetylenes is 1. The van der Waals surface area contributed by atoms with Gasteiger partial charge in [-0.25, -0.2) is 4.79 Å². The number of amides is 3. The lowest BCUT2D eigenvalue weighted by atomic mass is 9.97. The molecule has 3 rings (SSSR count). The molecule has 190 valence electrons. The maximum absolute atomic E-state index is 13.7. The Morgan fingerprint density at radius 3 is 2.33 bits per heavy atom. The Kier molecular flexibility index (Phi) is 8.73. The van der Waals surface area contributed by atoms with Crippen molar-refractivity contribution >= 4 is 17.9 Å². The van der Waals surface area contributed by atoms with E-state index in [2.05, 4.69) is 16.6 Å². The number of aliphatic hydroxyl groups excluding tert-OH is 1. The van der Waals surface area contributed by atoms with Gasteiger partial charge in [-0.3, -0.25) is 9.59 Å². The summed E-state index contributed by atoms with van der Waals surface area (Å²) in [7, 11) is 0. The molecule has 1 fully saturated rings. The molecule has 0 radical (unpaired) electrons. The van der Waals surface area contributed by atoms with E-state index < -0.39 is 42.2 Å². The molecule has 36 heavy (non-hydrogen) atoms. The second-order valence-corrected chi connectivity index (χ2v) is 9.70. The zero-order valence-electron chi connectivity index (χ0n) is 20.9. The summed E-state index contributed by atoms with van der Waals surface area (Å²) in [6.07, 6.45) is 6.28. The summed E-state index contributed by atoms with van der Waals surface area (Å²) in [6.45, 7) is 4.70. The molecule has 2 unspecified atom stereocenters. The zero-order valence-corrected chi connectivity index (χ0v) is 20.9. The number of carbonyl (C=O) groups is 3. The Morgan fingerprint density at radius 1 is 1.11 bits per heavy atom. The average Bonchev–Trinajstić information content (AvgIpc) is 3.68. The monoisotopic (exact) mass is 491 g/mol. The van der Waals surface area contributed by atoms with Crippen molar-refractivity contribution in [2.45, 2.75) is 63.9 Å². The first-order valence-electron chi connectivity index (χ1n) is 11.9. The van der Waals surface area contributed by atoms with E-state index >= 15 is 0 Å². The van der Waals surface area contributed by atoms with Crippen LogP contribution in [-0.2, 0) is 20.9 Å². The minimum absolute atomic E-state index is 0.231. The highest BCUT2D eigenvalue weighted by Crippen LogP contribution is 2.36. The van der Waals surface area contributed by atoms with Crippen LogP contribution in [0, 0.1) is 12.3 Å². The molecule has 0 heterocycles. The van der Waals surface area contributed by atoms with Crippen molar-refractivity contribution in [3.8, 4) is 12.3 Å². The molecular weight excluding hydrogens is 458 g/mol. The molecule has 1 saturated carbocycles. The van der Waals surface area contributed by atoms with E-state index in [1.807, 2.05) is 30.3 Å². The molecule has 0 saturated heterocycles. The molecule has 0 bridgehead atoms. The Balaban J connectivity index is 1.93. The highest BCUT2D eigenvalue weighted by Gasteiger charge is 2.44. The fourth-order valence-electron chi connectivity index (χ4n) is 3.85.